The van der Waals surface area contributed by atoms with E-state index in [1.807, 2.05) is 39.0 Å². The van der Waals surface area contributed by atoms with Gasteiger partial charge in [0.25, 0.3) is 0 Å². The summed E-state index contributed by atoms with van der Waals surface area (Å²) in [6.07, 6.45) is 0.990. The quantitative estimate of drug-likeness (QED) is 0.881. The first kappa shape index (κ1) is 17.7. The van der Waals surface area contributed by atoms with Crippen molar-refractivity contribution in [2.24, 2.45) is 5.92 Å². The number of thiazole rings is 1. The maximum Gasteiger partial charge on any atom is 0.410 e. The Morgan fingerprint density at radius 1 is 1.28 bits per heavy atom. The number of carbonyl (C=O) groups excluding carboxylic acids is 2. The van der Waals surface area contributed by atoms with Gasteiger partial charge in [-0.1, -0.05) is 0 Å². The molecule has 0 radical (unpaired) electrons. The summed E-state index contributed by atoms with van der Waals surface area (Å²) in [4.78, 5) is 30.5. The number of amides is 2. The zero-order valence-electron chi connectivity index (χ0n) is 14.7. The Balaban J connectivity index is 1.53. The van der Waals surface area contributed by atoms with E-state index in [1.165, 1.54) is 0 Å². The van der Waals surface area contributed by atoms with Gasteiger partial charge in [-0.3, -0.25) is 4.79 Å². The fraction of sp³-hybridized carbons (Fsp3) is 0.500. The number of aromatic nitrogens is 1. The van der Waals surface area contributed by atoms with E-state index in [-0.39, 0.29) is 17.9 Å². The second-order valence-electron chi connectivity index (χ2n) is 7.27. The van der Waals surface area contributed by atoms with Gasteiger partial charge in [0.2, 0.25) is 5.91 Å². The molecule has 2 amide bonds. The van der Waals surface area contributed by atoms with Crippen molar-refractivity contribution < 1.29 is 14.3 Å². The molecule has 0 saturated carbocycles. The first-order valence-corrected chi connectivity index (χ1v) is 9.32. The summed E-state index contributed by atoms with van der Waals surface area (Å²) in [5.41, 5.74) is 3.02. The maximum atomic E-state index is 12.5. The zero-order chi connectivity index (χ0) is 18.0. The Morgan fingerprint density at radius 3 is 2.68 bits per heavy atom. The van der Waals surface area contributed by atoms with Crippen LogP contribution in [0.5, 0.6) is 0 Å². The monoisotopic (exact) mass is 361 g/mol. The predicted molar refractivity (Wildman–Crippen MR) is 98.8 cm³/mol. The van der Waals surface area contributed by atoms with E-state index in [1.54, 1.807) is 21.7 Å². The summed E-state index contributed by atoms with van der Waals surface area (Å²) in [6, 6.07) is 5.73. The number of ether oxygens (including phenoxy) is 1. The van der Waals surface area contributed by atoms with Gasteiger partial charge < -0.3 is 15.0 Å². The molecular weight excluding hydrogens is 338 g/mol. The van der Waals surface area contributed by atoms with Gasteiger partial charge >= 0.3 is 6.09 Å². The molecule has 25 heavy (non-hydrogen) atoms. The Bertz CT molecular complexity index is 773. The molecule has 2 aromatic rings. The van der Waals surface area contributed by atoms with E-state index in [9.17, 15) is 9.59 Å². The minimum atomic E-state index is -0.499. The molecule has 3 rings (SSSR count). The second kappa shape index (κ2) is 7.00. The van der Waals surface area contributed by atoms with Crippen molar-refractivity contribution in [1.29, 1.82) is 0 Å². The number of rotatable bonds is 2. The highest BCUT2D eigenvalue weighted by Gasteiger charge is 2.29. The first-order valence-electron chi connectivity index (χ1n) is 8.44. The van der Waals surface area contributed by atoms with Gasteiger partial charge in [-0.05, 0) is 51.8 Å². The van der Waals surface area contributed by atoms with Crippen molar-refractivity contribution in [2.45, 2.75) is 39.2 Å². The van der Waals surface area contributed by atoms with Crippen LogP contribution >= 0.6 is 11.3 Å². The number of benzene rings is 1. The topological polar surface area (TPSA) is 71.5 Å². The SMILES string of the molecule is CC(C)(C)OC(=O)N1CCC(C(=O)Nc2ccc3ncsc3c2)CC1. The lowest BCUT2D eigenvalue weighted by Crippen LogP contribution is -2.43. The minimum Gasteiger partial charge on any atom is -0.444 e. The van der Waals surface area contributed by atoms with Gasteiger partial charge in [-0.15, -0.1) is 11.3 Å². The Kier molecular flexibility index (Phi) is 4.94. The predicted octanol–water partition coefficient (Wildman–Crippen LogP) is 3.88. The molecule has 1 aromatic carbocycles. The highest BCUT2D eigenvalue weighted by atomic mass is 32.1. The zero-order valence-corrected chi connectivity index (χ0v) is 15.6. The van der Waals surface area contributed by atoms with E-state index in [0.717, 1.165) is 15.9 Å². The number of carbonyl (C=O) groups is 2. The highest BCUT2D eigenvalue weighted by molar-refractivity contribution is 7.16. The molecule has 2 heterocycles. The number of likely N-dealkylation sites (tertiary alicyclic amines) is 1. The van der Waals surface area contributed by atoms with Crippen LogP contribution in [0.2, 0.25) is 0 Å². The number of nitrogens with one attached hydrogen (secondary N) is 1. The fourth-order valence-electron chi connectivity index (χ4n) is 2.83. The molecule has 0 spiro atoms. The molecule has 1 fully saturated rings. The summed E-state index contributed by atoms with van der Waals surface area (Å²) in [7, 11) is 0. The van der Waals surface area contributed by atoms with Crippen LogP contribution in [0.3, 0.4) is 0 Å². The smallest absolute Gasteiger partial charge is 0.410 e. The van der Waals surface area contributed by atoms with Crippen molar-refractivity contribution in [3.8, 4) is 0 Å². The summed E-state index contributed by atoms with van der Waals surface area (Å²) in [6.45, 7) is 6.64. The van der Waals surface area contributed by atoms with Gasteiger partial charge in [-0.25, -0.2) is 9.78 Å². The van der Waals surface area contributed by atoms with E-state index in [2.05, 4.69) is 10.3 Å². The van der Waals surface area contributed by atoms with Crippen molar-refractivity contribution >= 4 is 39.2 Å². The largest absolute Gasteiger partial charge is 0.444 e. The van der Waals surface area contributed by atoms with Gasteiger partial charge in [0.1, 0.15) is 5.60 Å². The molecule has 1 saturated heterocycles. The average molecular weight is 361 g/mol. The lowest BCUT2D eigenvalue weighted by molar-refractivity contribution is -0.121. The molecule has 0 bridgehead atoms. The van der Waals surface area contributed by atoms with Crippen molar-refractivity contribution in [3.63, 3.8) is 0 Å². The number of hydrogen-bond donors (Lipinski definition) is 1. The van der Waals surface area contributed by atoms with Crippen molar-refractivity contribution in [1.82, 2.24) is 9.88 Å². The normalized spacial score (nSPS) is 16.0. The number of fused-ring (bicyclic) bond motifs is 1. The van der Waals surface area contributed by atoms with Crippen molar-refractivity contribution in [3.05, 3.63) is 23.7 Å². The standard InChI is InChI=1S/C18H23N3O3S/c1-18(2,3)24-17(23)21-8-6-12(7-9-21)16(22)20-13-4-5-14-15(10-13)25-11-19-14/h4-5,10-12H,6-9H2,1-3H3,(H,20,22). The second-order valence-corrected chi connectivity index (χ2v) is 8.15. The Morgan fingerprint density at radius 2 is 2.00 bits per heavy atom. The Hall–Kier alpha value is -2.15. The maximum absolute atomic E-state index is 12.5. The molecule has 0 aliphatic carbocycles. The van der Waals surface area contributed by atoms with Gasteiger partial charge in [0, 0.05) is 24.7 Å². The van der Waals surface area contributed by atoms with Crippen LogP contribution in [0.1, 0.15) is 33.6 Å². The molecule has 1 aromatic heterocycles. The van der Waals surface area contributed by atoms with E-state index in [0.29, 0.717) is 25.9 Å². The molecule has 1 aliphatic rings. The lowest BCUT2D eigenvalue weighted by Gasteiger charge is -2.32. The third-order valence-corrected chi connectivity index (χ3v) is 4.91. The fourth-order valence-corrected chi connectivity index (χ4v) is 3.54. The molecule has 7 heteroatoms. The molecule has 1 N–H and O–H groups in total. The van der Waals surface area contributed by atoms with Crippen LogP contribution in [-0.4, -0.2) is 40.6 Å². The van der Waals surface area contributed by atoms with Crippen LogP contribution in [0.25, 0.3) is 10.2 Å². The van der Waals surface area contributed by atoms with Crippen LogP contribution in [0.15, 0.2) is 23.7 Å². The number of piperidine rings is 1. The average Bonchev–Trinajstić information content (AvgIpc) is 3.01. The van der Waals surface area contributed by atoms with E-state index < -0.39 is 5.60 Å². The summed E-state index contributed by atoms with van der Waals surface area (Å²) in [5.74, 6) is -0.0800. The molecule has 134 valence electrons. The third kappa shape index (κ3) is 4.48. The van der Waals surface area contributed by atoms with Gasteiger partial charge in [0.05, 0.1) is 15.7 Å². The molecule has 0 unspecified atom stereocenters. The number of nitrogens with zero attached hydrogens (tertiary/aromatic N) is 2. The number of hydrogen-bond acceptors (Lipinski definition) is 5. The summed E-state index contributed by atoms with van der Waals surface area (Å²) < 4.78 is 6.44. The van der Waals surface area contributed by atoms with Crippen LogP contribution in [-0.2, 0) is 9.53 Å². The van der Waals surface area contributed by atoms with E-state index in [4.69, 9.17) is 4.74 Å². The molecular formula is C18H23N3O3S. The summed E-state index contributed by atoms with van der Waals surface area (Å²) in [5, 5.41) is 2.98. The van der Waals surface area contributed by atoms with Crippen molar-refractivity contribution in [2.75, 3.05) is 18.4 Å². The summed E-state index contributed by atoms with van der Waals surface area (Å²) >= 11 is 1.55. The molecule has 6 nitrogen and oxygen atoms in total. The first-order chi connectivity index (χ1) is 11.8. The molecule has 1 aliphatic heterocycles. The van der Waals surface area contributed by atoms with Gasteiger partial charge in [0.15, 0.2) is 0 Å². The van der Waals surface area contributed by atoms with Crippen LogP contribution in [0, 0.1) is 5.92 Å². The Labute approximate surface area is 151 Å². The highest BCUT2D eigenvalue weighted by Crippen LogP contribution is 2.24. The molecule has 0 atom stereocenters. The van der Waals surface area contributed by atoms with E-state index >= 15 is 0 Å². The van der Waals surface area contributed by atoms with Crippen LogP contribution < -0.4 is 5.32 Å². The van der Waals surface area contributed by atoms with Gasteiger partial charge in [-0.2, -0.15) is 0 Å². The number of anilines is 1. The lowest BCUT2D eigenvalue weighted by atomic mass is 9.96. The third-order valence-electron chi connectivity index (χ3n) is 4.12. The van der Waals surface area contributed by atoms with Crippen LogP contribution in [0.4, 0.5) is 10.5 Å². The minimum absolute atomic E-state index is 0.00713.